The third-order valence-electron chi connectivity index (χ3n) is 2.57. The summed E-state index contributed by atoms with van der Waals surface area (Å²) in [7, 11) is 0. The summed E-state index contributed by atoms with van der Waals surface area (Å²) >= 11 is 0. The molecule has 20 heavy (non-hydrogen) atoms. The number of nitrogens with one attached hydrogen (secondary N) is 1. The summed E-state index contributed by atoms with van der Waals surface area (Å²) in [6.45, 7) is 0.965. The van der Waals surface area contributed by atoms with E-state index >= 15 is 0 Å². The number of urea groups is 1. The summed E-state index contributed by atoms with van der Waals surface area (Å²) in [5, 5.41) is 3.72. The summed E-state index contributed by atoms with van der Waals surface area (Å²) < 4.78 is 39.7. The van der Waals surface area contributed by atoms with Gasteiger partial charge in [0, 0.05) is 5.69 Å². The first-order valence-electron chi connectivity index (χ1n) is 6.01. The molecule has 1 aliphatic heterocycles. The van der Waals surface area contributed by atoms with Crippen LogP contribution in [-0.2, 0) is 4.84 Å². The number of alkyl halides is 3. The van der Waals surface area contributed by atoms with Gasteiger partial charge < -0.3 is 10.1 Å². The van der Waals surface area contributed by atoms with Crippen LogP contribution < -0.4 is 10.1 Å². The summed E-state index contributed by atoms with van der Waals surface area (Å²) in [6, 6.07) is 4.45. The predicted octanol–water partition coefficient (Wildman–Crippen LogP) is 3.14. The van der Waals surface area contributed by atoms with Crippen molar-refractivity contribution in [2.24, 2.45) is 0 Å². The molecular formula is C12H13F3N2O3. The number of carbonyl (C=O) groups excluding carboxylic acids is 1. The van der Waals surface area contributed by atoms with Crippen LogP contribution in [0.4, 0.5) is 23.7 Å². The summed E-state index contributed by atoms with van der Waals surface area (Å²) in [6.07, 6.45) is -2.98. The van der Waals surface area contributed by atoms with Crippen LogP contribution in [0.5, 0.6) is 5.75 Å². The number of hydrogen-bond acceptors (Lipinski definition) is 3. The minimum absolute atomic E-state index is 0.343. The van der Waals surface area contributed by atoms with E-state index < -0.39 is 12.4 Å². The second-order valence-electron chi connectivity index (χ2n) is 4.14. The molecule has 5 nitrogen and oxygen atoms in total. The van der Waals surface area contributed by atoms with E-state index in [2.05, 4.69) is 10.1 Å². The molecule has 0 unspecified atom stereocenters. The van der Waals surface area contributed by atoms with Crippen molar-refractivity contribution in [2.45, 2.75) is 19.2 Å². The average molecular weight is 290 g/mol. The van der Waals surface area contributed by atoms with Gasteiger partial charge in [0.2, 0.25) is 0 Å². The Hall–Kier alpha value is -1.96. The molecule has 1 saturated heterocycles. The van der Waals surface area contributed by atoms with E-state index in [4.69, 9.17) is 4.84 Å². The van der Waals surface area contributed by atoms with Crippen molar-refractivity contribution >= 4 is 11.7 Å². The number of anilines is 1. The zero-order chi connectivity index (χ0) is 14.6. The van der Waals surface area contributed by atoms with Crippen molar-refractivity contribution in [1.29, 1.82) is 0 Å². The minimum atomic E-state index is -4.73. The molecule has 0 bridgehead atoms. The number of nitrogens with zero attached hydrogens (tertiary/aromatic N) is 1. The predicted molar refractivity (Wildman–Crippen MR) is 64.0 cm³/mol. The van der Waals surface area contributed by atoms with Gasteiger partial charge in [-0.05, 0) is 37.1 Å². The van der Waals surface area contributed by atoms with Crippen LogP contribution in [0.3, 0.4) is 0 Å². The molecule has 0 atom stereocenters. The van der Waals surface area contributed by atoms with E-state index in [1.54, 1.807) is 0 Å². The van der Waals surface area contributed by atoms with Gasteiger partial charge in [-0.25, -0.2) is 9.86 Å². The molecule has 1 fully saturated rings. The fourth-order valence-corrected chi connectivity index (χ4v) is 1.68. The Morgan fingerprint density at radius 3 is 2.50 bits per heavy atom. The van der Waals surface area contributed by atoms with E-state index in [9.17, 15) is 18.0 Å². The lowest BCUT2D eigenvalue weighted by molar-refractivity contribution is -0.274. The Kier molecular flexibility index (Phi) is 4.33. The van der Waals surface area contributed by atoms with Crippen molar-refractivity contribution < 1.29 is 27.5 Å². The number of benzene rings is 1. The number of carbonyl (C=O) groups is 1. The van der Waals surface area contributed by atoms with Crippen molar-refractivity contribution in [2.75, 3.05) is 18.5 Å². The van der Waals surface area contributed by atoms with E-state index in [1.807, 2.05) is 0 Å². The van der Waals surface area contributed by atoms with Gasteiger partial charge in [0.1, 0.15) is 5.75 Å². The standard InChI is InChI=1S/C12H13F3N2O3/c13-12(14,15)20-10-5-3-9(4-6-10)16-11(18)17-7-1-2-8-19-17/h3-6H,1-2,7-8H2,(H,16,18). The number of amides is 2. The molecular weight excluding hydrogens is 277 g/mol. The molecule has 1 heterocycles. The van der Waals surface area contributed by atoms with Crippen molar-refractivity contribution in [1.82, 2.24) is 5.06 Å². The molecule has 0 spiro atoms. The monoisotopic (exact) mass is 290 g/mol. The largest absolute Gasteiger partial charge is 0.573 e. The highest BCUT2D eigenvalue weighted by atomic mass is 19.4. The number of hydroxylamine groups is 2. The van der Waals surface area contributed by atoms with Gasteiger partial charge in [-0.2, -0.15) is 0 Å². The first-order chi connectivity index (χ1) is 9.44. The second-order valence-corrected chi connectivity index (χ2v) is 4.14. The van der Waals surface area contributed by atoms with E-state index in [-0.39, 0.29) is 5.75 Å². The zero-order valence-electron chi connectivity index (χ0n) is 10.4. The maximum absolute atomic E-state index is 12.0. The minimum Gasteiger partial charge on any atom is -0.406 e. The normalized spacial score (nSPS) is 15.8. The Morgan fingerprint density at radius 1 is 1.25 bits per heavy atom. The fourth-order valence-electron chi connectivity index (χ4n) is 1.68. The quantitative estimate of drug-likeness (QED) is 0.910. The lowest BCUT2D eigenvalue weighted by Crippen LogP contribution is -2.38. The molecule has 0 saturated carbocycles. The van der Waals surface area contributed by atoms with Crippen LogP contribution in [0.2, 0.25) is 0 Å². The fraction of sp³-hybridized carbons (Fsp3) is 0.417. The second kappa shape index (κ2) is 6.00. The van der Waals surface area contributed by atoms with Crippen LogP contribution in [0.1, 0.15) is 12.8 Å². The van der Waals surface area contributed by atoms with E-state index in [1.165, 1.54) is 17.2 Å². The molecule has 0 aliphatic carbocycles. The van der Waals surface area contributed by atoms with Gasteiger partial charge in [0.15, 0.2) is 0 Å². The maximum Gasteiger partial charge on any atom is 0.573 e. The number of ether oxygens (including phenoxy) is 1. The molecule has 110 valence electrons. The Balaban J connectivity index is 1.91. The molecule has 1 aromatic rings. The van der Waals surface area contributed by atoms with Gasteiger partial charge in [-0.3, -0.25) is 4.84 Å². The molecule has 2 amide bonds. The lowest BCUT2D eigenvalue weighted by Gasteiger charge is -2.25. The summed E-state index contributed by atoms with van der Waals surface area (Å²) in [5.74, 6) is -0.343. The summed E-state index contributed by atoms with van der Waals surface area (Å²) in [4.78, 5) is 16.9. The molecule has 0 aromatic heterocycles. The van der Waals surface area contributed by atoms with Gasteiger partial charge in [-0.15, -0.1) is 13.2 Å². The van der Waals surface area contributed by atoms with Crippen molar-refractivity contribution in [3.8, 4) is 5.75 Å². The number of hydrogen-bond donors (Lipinski definition) is 1. The first kappa shape index (κ1) is 14.4. The third kappa shape index (κ3) is 4.30. The zero-order valence-corrected chi connectivity index (χ0v) is 10.4. The van der Waals surface area contributed by atoms with Crippen LogP contribution in [0.15, 0.2) is 24.3 Å². The molecule has 1 aliphatic rings. The highest BCUT2D eigenvalue weighted by molar-refractivity contribution is 5.88. The highest BCUT2D eigenvalue weighted by Crippen LogP contribution is 2.24. The van der Waals surface area contributed by atoms with Crippen LogP contribution in [0, 0.1) is 0 Å². The maximum atomic E-state index is 12.0. The average Bonchev–Trinajstić information content (AvgIpc) is 2.40. The molecule has 1 aromatic carbocycles. The molecule has 8 heteroatoms. The van der Waals surface area contributed by atoms with Crippen LogP contribution in [0.25, 0.3) is 0 Å². The number of halogens is 3. The Labute approximate surface area is 113 Å². The van der Waals surface area contributed by atoms with Crippen LogP contribution in [-0.4, -0.2) is 30.6 Å². The van der Waals surface area contributed by atoms with Crippen molar-refractivity contribution in [3.63, 3.8) is 0 Å². The topological polar surface area (TPSA) is 50.8 Å². The molecule has 0 radical (unpaired) electrons. The van der Waals surface area contributed by atoms with E-state index in [0.717, 1.165) is 25.0 Å². The smallest absolute Gasteiger partial charge is 0.406 e. The lowest BCUT2D eigenvalue weighted by atomic mass is 10.3. The third-order valence-corrected chi connectivity index (χ3v) is 2.57. The Bertz CT molecular complexity index is 456. The molecule has 1 N–H and O–H groups in total. The van der Waals surface area contributed by atoms with E-state index in [0.29, 0.717) is 18.8 Å². The van der Waals surface area contributed by atoms with Gasteiger partial charge in [0.25, 0.3) is 0 Å². The van der Waals surface area contributed by atoms with Crippen LogP contribution >= 0.6 is 0 Å². The Morgan fingerprint density at radius 2 is 1.95 bits per heavy atom. The first-order valence-corrected chi connectivity index (χ1v) is 6.01. The SMILES string of the molecule is O=C(Nc1ccc(OC(F)(F)F)cc1)N1CCCCO1. The van der Waals surface area contributed by atoms with Gasteiger partial charge in [-0.1, -0.05) is 0 Å². The molecule has 2 rings (SSSR count). The van der Waals surface area contributed by atoms with Crippen molar-refractivity contribution in [3.05, 3.63) is 24.3 Å². The summed E-state index contributed by atoms with van der Waals surface area (Å²) in [5.41, 5.74) is 0.360. The number of rotatable bonds is 2. The highest BCUT2D eigenvalue weighted by Gasteiger charge is 2.31. The van der Waals surface area contributed by atoms with Gasteiger partial charge >= 0.3 is 12.4 Å². The van der Waals surface area contributed by atoms with Gasteiger partial charge in [0.05, 0.1) is 13.2 Å².